The van der Waals surface area contributed by atoms with Gasteiger partial charge in [0.15, 0.2) is 0 Å². The minimum atomic E-state index is -1.07. The lowest BCUT2D eigenvalue weighted by molar-refractivity contribution is -0.139. The number of halogens is 2. The van der Waals surface area contributed by atoms with Crippen LogP contribution in [0.2, 0.25) is 10.0 Å². The van der Waals surface area contributed by atoms with Gasteiger partial charge in [0.05, 0.1) is 0 Å². The van der Waals surface area contributed by atoms with Gasteiger partial charge in [-0.3, -0.25) is 4.79 Å². The Morgan fingerprint density at radius 2 is 2.06 bits per heavy atom. The number of thioether (sulfide) groups is 1. The van der Waals surface area contributed by atoms with Gasteiger partial charge in [-0.05, 0) is 17.7 Å². The van der Waals surface area contributed by atoms with Gasteiger partial charge >= 0.3 is 5.97 Å². The first-order chi connectivity index (χ1) is 8.56. The fourth-order valence-electron chi connectivity index (χ4n) is 1.22. The van der Waals surface area contributed by atoms with Gasteiger partial charge in [-0.1, -0.05) is 29.3 Å². The fourth-order valence-corrected chi connectivity index (χ4v) is 3.02. The van der Waals surface area contributed by atoms with Crippen LogP contribution in [0.15, 0.2) is 18.2 Å². The second kappa shape index (κ2) is 7.51. The van der Waals surface area contributed by atoms with Crippen molar-refractivity contribution in [2.75, 3.05) is 5.75 Å². The number of carboxylic acids is 1. The van der Waals surface area contributed by atoms with Crippen LogP contribution in [0.3, 0.4) is 0 Å². The Morgan fingerprint density at radius 3 is 2.56 bits per heavy atom. The Bertz CT molecular complexity index is 422. The van der Waals surface area contributed by atoms with E-state index in [0.29, 0.717) is 22.2 Å². The molecule has 1 atom stereocenters. The lowest BCUT2D eigenvalue weighted by atomic mass is 10.2. The summed E-state index contributed by atoms with van der Waals surface area (Å²) in [7, 11) is 0. The Labute approximate surface area is 119 Å². The van der Waals surface area contributed by atoms with Crippen LogP contribution in [0.1, 0.15) is 5.56 Å². The predicted molar refractivity (Wildman–Crippen MR) is 73.2 cm³/mol. The Hall–Kier alpha value is -0.910. The van der Waals surface area contributed by atoms with E-state index in [1.54, 1.807) is 18.2 Å². The molecule has 0 spiro atoms. The lowest BCUT2D eigenvalue weighted by Gasteiger charge is -2.11. The van der Waals surface area contributed by atoms with Crippen molar-refractivity contribution in [2.45, 2.75) is 11.8 Å². The van der Waals surface area contributed by atoms with Gasteiger partial charge in [0.1, 0.15) is 6.04 Å². The van der Waals surface area contributed by atoms with Gasteiger partial charge in [-0.2, -0.15) is 11.8 Å². The zero-order valence-corrected chi connectivity index (χ0v) is 11.6. The molecule has 0 saturated heterocycles. The van der Waals surface area contributed by atoms with E-state index >= 15 is 0 Å². The SMILES string of the molecule is O=CNC(CSCc1c(Cl)cccc1Cl)C(=O)O. The van der Waals surface area contributed by atoms with E-state index in [2.05, 4.69) is 5.32 Å². The standard InChI is InChI=1S/C11H11Cl2NO3S/c12-8-2-1-3-9(13)7(8)4-18-5-10(11(16)17)14-6-15/h1-3,6,10H,4-5H2,(H,14,15)(H,16,17). The van der Waals surface area contributed by atoms with Gasteiger partial charge in [-0.25, -0.2) is 4.79 Å². The van der Waals surface area contributed by atoms with Crippen LogP contribution < -0.4 is 5.32 Å². The average Bonchev–Trinajstić information content (AvgIpc) is 2.31. The van der Waals surface area contributed by atoms with E-state index in [0.717, 1.165) is 5.56 Å². The van der Waals surface area contributed by atoms with Crippen molar-refractivity contribution < 1.29 is 14.7 Å². The molecule has 0 aromatic heterocycles. The Kier molecular flexibility index (Phi) is 6.32. The van der Waals surface area contributed by atoms with Gasteiger partial charge in [0.2, 0.25) is 6.41 Å². The van der Waals surface area contributed by atoms with Gasteiger partial charge in [0.25, 0.3) is 0 Å². The summed E-state index contributed by atoms with van der Waals surface area (Å²) in [4.78, 5) is 21.0. The first-order valence-corrected chi connectivity index (χ1v) is 6.90. The molecule has 0 aliphatic heterocycles. The quantitative estimate of drug-likeness (QED) is 0.759. The Balaban J connectivity index is 2.55. The number of rotatable bonds is 7. The number of aliphatic carboxylic acids is 1. The monoisotopic (exact) mass is 307 g/mol. The molecule has 7 heteroatoms. The number of benzene rings is 1. The largest absolute Gasteiger partial charge is 0.480 e. The Morgan fingerprint density at radius 1 is 1.44 bits per heavy atom. The fraction of sp³-hybridized carbons (Fsp3) is 0.273. The van der Waals surface area contributed by atoms with Crippen molar-refractivity contribution >= 4 is 47.3 Å². The predicted octanol–water partition coefficient (Wildman–Crippen LogP) is 2.43. The second-order valence-corrected chi connectivity index (χ2v) is 5.24. The van der Waals surface area contributed by atoms with Crippen LogP contribution in [-0.4, -0.2) is 29.3 Å². The van der Waals surface area contributed by atoms with Crippen molar-refractivity contribution in [1.29, 1.82) is 0 Å². The normalized spacial score (nSPS) is 11.9. The highest BCUT2D eigenvalue weighted by Gasteiger charge is 2.16. The highest BCUT2D eigenvalue weighted by Crippen LogP contribution is 2.28. The third-order valence-corrected chi connectivity index (χ3v) is 3.93. The van der Waals surface area contributed by atoms with Crippen molar-refractivity contribution in [2.24, 2.45) is 0 Å². The second-order valence-electron chi connectivity index (χ2n) is 3.39. The van der Waals surface area contributed by atoms with Crippen LogP contribution >= 0.6 is 35.0 Å². The first-order valence-electron chi connectivity index (χ1n) is 4.99. The number of carboxylic acid groups (broad SMARTS) is 1. The topological polar surface area (TPSA) is 66.4 Å². The summed E-state index contributed by atoms with van der Waals surface area (Å²) in [6.45, 7) is 0. The van der Waals surface area contributed by atoms with E-state index in [-0.39, 0.29) is 5.75 Å². The lowest BCUT2D eigenvalue weighted by Crippen LogP contribution is -2.37. The summed E-state index contributed by atoms with van der Waals surface area (Å²) in [5.74, 6) is -0.335. The molecule has 0 radical (unpaired) electrons. The molecule has 2 N–H and O–H groups in total. The zero-order chi connectivity index (χ0) is 13.5. The molecule has 1 aromatic rings. The van der Waals surface area contributed by atoms with Crippen LogP contribution in [0.4, 0.5) is 0 Å². The maximum Gasteiger partial charge on any atom is 0.327 e. The molecule has 0 fully saturated rings. The minimum absolute atomic E-state index is 0.246. The molecule has 0 aliphatic rings. The number of hydrogen-bond acceptors (Lipinski definition) is 3. The van der Waals surface area contributed by atoms with Gasteiger partial charge in [0, 0.05) is 21.6 Å². The van der Waals surface area contributed by atoms with Crippen LogP contribution in [0, 0.1) is 0 Å². The zero-order valence-electron chi connectivity index (χ0n) is 9.23. The number of carbonyl (C=O) groups is 2. The molecule has 98 valence electrons. The third-order valence-electron chi connectivity index (χ3n) is 2.16. The third kappa shape index (κ3) is 4.40. The molecule has 1 rings (SSSR count). The molecular weight excluding hydrogens is 297 g/mol. The van der Waals surface area contributed by atoms with E-state index in [1.807, 2.05) is 0 Å². The molecular formula is C11H11Cl2NO3S. The molecule has 1 aromatic carbocycles. The molecule has 0 saturated carbocycles. The number of amides is 1. The van der Waals surface area contributed by atoms with E-state index in [1.165, 1.54) is 11.8 Å². The highest BCUT2D eigenvalue weighted by molar-refractivity contribution is 7.98. The molecule has 4 nitrogen and oxygen atoms in total. The van der Waals surface area contributed by atoms with Crippen LogP contribution in [-0.2, 0) is 15.3 Å². The van der Waals surface area contributed by atoms with Gasteiger partial charge in [-0.15, -0.1) is 0 Å². The molecule has 1 unspecified atom stereocenters. The molecule has 0 heterocycles. The maximum atomic E-state index is 10.8. The van der Waals surface area contributed by atoms with E-state index in [4.69, 9.17) is 28.3 Å². The molecule has 18 heavy (non-hydrogen) atoms. The smallest absolute Gasteiger partial charge is 0.327 e. The number of nitrogens with one attached hydrogen (secondary N) is 1. The van der Waals surface area contributed by atoms with Crippen molar-refractivity contribution in [3.63, 3.8) is 0 Å². The van der Waals surface area contributed by atoms with E-state index < -0.39 is 12.0 Å². The summed E-state index contributed by atoms with van der Waals surface area (Å²) in [6.07, 6.45) is 0.377. The van der Waals surface area contributed by atoms with Crippen LogP contribution in [0.25, 0.3) is 0 Å². The average molecular weight is 308 g/mol. The van der Waals surface area contributed by atoms with Gasteiger partial charge < -0.3 is 10.4 Å². The van der Waals surface area contributed by atoms with Crippen molar-refractivity contribution in [1.82, 2.24) is 5.32 Å². The molecule has 1 amide bonds. The number of hydrogen-bond donors (Lipinski definition) is 2. The van der Waals surface area contributed by atoms with E-state index in [9.17, 15) is 9.59 Å². The summed E-state index contributed by atoms with van der Waals surface area (Å²) < 4.78 is 0. The van der Waals surface area contributed by atoms with Crippen LogP contribution in [0.5, 0.6) is 0 Å². The summed E-state index contributed by atoms with van der Waals surface area (Å²) >= 11 is 13.3. The minimum Gasteiger partial charge on any atom is -0.480 e. The maximum absolute atomic E-state index is 10.8. The summed E-state index contributed by atoms with van der Waals surface area (Å²) in [5.41, 5.74) is 0.765. The summed E-state index contributed by atoms with van der Waals surface area (Å²) in [6, 6.07) is 4.28. The first kappa shape index (κ1) is 15.1. The molecule has 0 bridgehead atoms. The van der Waals surface area contributed by atoms with Crippen molar-refractivity contribution in [3.05, 3.63) is 33.8 Å². The summed E-state index contributed by atoms with van der Waals surface area (Å²) in [5, 5.41) is 12.1. The highest BCUT2D eigenvalue weighted by atomic mass is 35.5. The number of carbonyl (C=O) groups excluding carboxylic acids is 1. The molecule has 0 aliphatic carbocycles. The van der Waals surface area contributed by atoms with Crippen molar-refractivity contribution in [3.8, 4) is 0 Å².